The van der Waals surface area contributed by atoms with Crippen molar-refractivity contribution in [3.63, 3.8) is 0 Å². The van der Waals surface area contributed by atoms with Gasteiger partial charge in [0.25, 0.3) is 0 Å². The number of rotatable bonds is 5. The number of aromatic nitrogens is 5. The standard InChI is InChI=1S/C9H14N6O/c1-3-10-4-8-5-15(14-12-8)6-9-11-7(2)13-16-9/h5,10H,3-4,6H2,1-2H3. The lowest BCUT2D eigenvalue weighted by Gasteiger charge is -1.94. The SMILES string of the molecule is CCNCc1cn(Cc2nc(C)no2)nn1. The van der Waals surface area contributed by atoms with Crippen LogP contribution in [0.3, 0.4) is 0 Å². The largest absolute Gasteiger partial charge is 0.337 e. The van der Waals surface area contributed by atoms with Gasteiger partial charge in [0.1, 0.15) is 6.54 Å². The fourth-order valence-electron chi connectivity index (χ4n) is 1.29. The summed E-state index contributed by atoms with van der Waals surface area (Å²) in [7, 11) is 0. The van der Waals surface area contributed by atoms with Crippen LogP contribution in [0.25, 0.3) is 0 Å². The molecular formula is C9H14N6O. The first-order valence-corrected chi connectivity index (χ1v) is 5.17. The highest BCUT2D eigenvalue weighted by molar-refractivity contribution is 4.93. The lowest BCUT2D eigenvalue weighted by atomic mass is 10.4. The third-order valence-electron chi connectivity index (χ3n) is 2.01. The highest BCUT2D eigenvalue weighted by Gasteiger charge is 2.05. The zero-order valence-electron chi connectivity index (χ0n) is 9.34. The Balaban J connectivity index is 1.97. The van der Waals surface area contributed by atoms with Gasteiger partial charge in [-0.25, -0.2) is 4.68 Å². The first-order valence-electron chi connectivity index (χ1n) is 5.17. The molecule has 0 radical (unpaired) electrons. The second-order valence-corrected chi connectivity index (χ2v) is 3.42. The molecule has 0 spiro atoms. The van der Waals surface area contributed by atoms with Crippen LogP contribution < -0.4 is 5.32 Å². The van der Waals surface area contributed by atoms with Gasteiger partial charge in [0, 0.05) is 6.54 Å². The maximum atomic E-state index is 4.99. The summed E-state index contributed by atoms with van der Waals surface area (Å²) in [5.74, 6) is 1.17. The molecule has 0 aliphatic heterocycles. The lowest BCUT2D eigenvalue weighted by Crippen LogP contribution is -2.11. The minimum atomic E-state index is 0.458. The van der Waals surface area contributed by atoms with Gasteiger partial charge >= 0.3 is 0 Å². The van der Waals surface area contributed by atoms with Gasteiger partial charge in [-0.3, -0.25) is 0 Å². The quantitative estimate of drug-likeness (QED) is 0.774. The molecule has 0 saturated heterocycles. The average molecular weight is 222 g/mol. The second kappa shape index (κ2) is 4.84. The molecule has 0 bridgehead atoms. The van der Waals surface area contributed by atoms with Crippen molar-refractivity contribution in [2.24, 2.45) is 0 Å². The van der Waals surface area contributed by atoms with E-state index in [4.69, 9.17) is 4.52 Å². The third kappa shape index (κ3) is 2.63. The molecular weight excluding hydrogens is 208 g/mol. The van der Waals surface area contributed by atoms with Gasteiger partial charge in [-0.15, -0.1) is 5.10 Å². The van der Waals surface area contributed by atoms with E-state index in [0.29, 0.717) is 18.3 Å². The van der Waals surface area contributed by atoms with Gasteiger partial charge in [-0.05, 0) is 13.5 Å². The minimum Gasteiger partial charge on any atom is -0.337 e. The molecule has 0 aromatic carbocycles. The maximum absolute atomic E-state index is 4.99. The molecule has 2 aromatic rings. The van der Waals surface area contributed by atoms with Crippen LogP contribution in [0.5, 0.6) is 0 Å². The third-order valence-corrected chi connectivity index (χ3v) is 2.01. The first kappa shape index (κ1) is 10.7. The van der Waals surface area contributed by atoms with Gasteiger partial charge in [0.15, 0.2) is 5.82 Å². The zero-order valence-corrected chi connectivity index (χ0v) is 9.34. The Hall–Kier alpha value is -1.76. The Kier molecular flexibility index (Phi) is 3.25. The summed E-state index contributed by atoms with van der Waals surface area (Å²) in [6.45, 7) is 5.92. The normalized spacial score (nSPS) is 10.9. The van der Waals surface area contributed by atoms with Crippen LogP contribution in [0.2, 0.25) is 0 Å². The van der Waals surface area contributed by atoms with E-state index in [1.807, 2.05) is 13.1 Å². The van der Waals surface area contributed by atoms with E-state index >= 15 is 0 Å². The molecule has 0 saturated carbocycles. The van der Waals surface area contributed by atoms with Crippen LogP contribution >= 0.6 is 0 Å². The van der Waals surface area contributed by atoms with Crippen LogP contribution in [0.4, 0.5) is 0 Å². The molecule has 16 heavy (non-hydrogen) atoms. The van der Waals surface area contributed by atoms with Crippen LogP contribution in [0.1, 0.15) is 24.3 Å². The molecule has 0 fully saturated rings. The first-order chi connectivity index (χ1) is 7.78. The van der Waals surface area contributed by atoms with Crippen molar-refractivity contribution < 1.29 is 4.52 Å². The van der Waals surface area contributed by atoms with Crippen molar-refractivity contribution in [3.05, 3.63) is 23.6 Å². The molecule has 7 heteroatoms. The van der Waals surface area contributed by atoms with E-state index in [-0.39, 0.29) is 0 Å². The lowest BCUT2D eigenvalue weighted by molar-refractivity contribution is 0.361. The van der Waals surface area contributed by atoms with Crippen molar-refractivity contribution >= 4 is 0 Å². The summed E-state index contributed by atoms with van der Waals surface area (Å²) in [4.78, 5) is 4.10. The van der Waals surface area contributed by atoms with Crippen LogP contribution in [-0.2, 0) is 13.1 Å². The van der Waals surface area contributed by atoms with E-state index < -0.39 is 0 Å². The Morgan fingerprint density at radius 1 is 1.50 bits per heavy atom. The highest BCUT2D eigenvalue weighted by Crippen LogP contribution is 2.00. The molecule has 0 unspecified atom stereocenters. The van der Waals surface area contributed by atoms with Crippen molar-refractivity contribution in [1.29, 1.82) is 0 Å². The van der Waals surface area contributed by atoms with Crippen LogP contribution in [-0.4, -0.2) is 31.7 Å². The monoisotopic (exact) mass is 222 g/mol. The summed E-state index contributed by atoms with van der Waals surface area (Å²) in [6.07, 6.45) is 1.86. The van der Waals surface area contributed by atoms with Gasteiger partial charge in [0.05, 0.1) is 11.9 Å². The van der Waals surface area contributed by atoms with Crippen molar-refractivity contribution in [2.75, 3.05) is 6.54 Å². The zero-order chi connectivity index (χ0) is 11.4. The number of hydrogen-bond acceptors (Lipinski definition) is 6. The highest BCUT2D eigenvalue weighted by atomic mass is 16.5. The Morgan fingerprint density at radius 3 is 3.06 bits per heavy atom. The Bertz CT molecular complexity index is 448. The number of nitrogens with zero attached hydrogens (tertiary/aromatic N) is 5. The van der Waals surface area contributed by atoms with Crippen LogP contribution in [0, 0.1) is 6.92 Å². The van der Waals surface area contributed by atoms with E-state index in [1.54, 1.807) is 11.6 Å². The molecule has 1 N–H and O–H groups in total. The maximum Gasteiger partial charge on any atom is 0.248 e. The summed E-state index contributed by atoms with van der Waals surface area (Å²) in [6, 6.07) is 0. The smallest absolute Gasteiger partial charge is 0.248 e. The van der Waals surface area contributed by atoms with Crippen molar-refractivity contribution in [2.45, 2.75) is 26.9 Å². The van der Waals surface area contributed by atoms with Gasteiger partial charge in [0.2, 0.25) is 5.89 Å². The predicted molar refractivity (Wildman–Crippen MR) is 55.5 cm³/mol. The molecule has 0 amide bonds. The molecule has 2 rings (SSSR count). The minimum absolute atomic E-state index is 0.458. The van der Waals surface area contributed by atoms with E-state index in [9.17, 15) is 0 Å². The number of aryl methyl sites for hydroxylation is 1. The Labute approximate surface area is 92.8 Å². The van der Waals surface area contributed by atoms with Crippen molar-refractivity contribution in [1.82, 2.24) is 30.5 Å². The van der Waals surface area contributed by atoms with Gasteiger partial charge in [-0.1, -0.05) is 17.3 Å². The second-order valence-electron chi connectivity index (χ2n) is 3.42. The summed E-state index contributed by atoms with van der Waals surface area (Å²) < 4.78 is 6.67. The fraction of sp³-hybridized carbons (Fsp3) is 0.556. The average Bonchev–Trinajstić information content (AvgIpc) is 2.86. The molecule has 0 aliphatic carbocycles. The number of hydrogen-bond donors (Lipinski definition) is 1. The van der Waals surface area contributed by atoms with Crippen LogP contribution in [0.15, 0.2) is 10.7 Å². The van der Waals surface area contributed by atoms with E-state index in [2.05, 4.69) is 25.8 Å². The Morgan fingerprint density at radius 2 is 2.38 bits per heavy atom. The van der Waals surface area contributed by atoms with Crippen molar-refractivity contribution in [3.8, 4) is 0 Å². The predicted octanol–water partition coefficient (Wildman–Crippen LogP) is 0.127. The van der Waals surface area contributed by atoms with E-state index in [0.717, 1.165) is 18.8 Å². The summed E-state index contributed by atoms with van der Waals surface area (Å²) in [5.41, 5.74) is 0.901. The molecule has 86 valence electrons. The fourth-order valence-corrected chi connectivity index (χ4v) is 1.29. The van der Waals surface area contributed by atoms with Gasteiger partial charge in [-0.2, -0.15) is 4.98 Å². The number of nitrogens with one attached hydrogen (secondary N) is 1. The van der Waals surface area contributed by atoms with E-state index in [1.165, 1.54) is 0 Å². The molecule has 2 heterocycles. The summed E-state index contributed by atoms with van der Waals surface area (Å²) >= 11 is 0. The molecule has 7 nitrogen and oxygen atoms in total. The molecule has 2 aromatic heterocycles. The topological polar surface area (TPSA) is 81.7 Å². The molecule has 0 aliphatic rings. The summed E-state index contributed by atoms with van der Waals surface area (Å²) in [5, 5.41) is 14.9. The molecule has 0 atom stereocenters. The van der Waals surface area contributed by atoms with Gasteiger partial charge < -0.3 is 9.84 Å².